The maximum Gasteiger partial charge on any atom is 0.147 e. The Labute approximate surface area is 249 Å². The smallest absolute Gasteiger partial charge is 0.147 e. The van der Waals surface area contributed by atoms with Crippen LogP contribution in [0.15, 0.2) is 23.3 Å². The first-order chi connectivity index (χ1) is 19.4. The average molecular weight is 579 g/mol. The average Bonchev–Trinajstić information content (AvgIpc) is 3.30. The molecule has 7 heteroatoms. The van der Waals surface area contributed by atoms with Gasteiger partial charge < -0.3 is 33.5 Å². The number of methoxy groups -OCH3 is 3. The van der Waals surface area contributed by atoms with Gasteiger partial charge in [0.05, 0.1) is 23.9 Å². The van der Waals surface area contributed by atoms with Gasteiger partial charge in [-0.3, -0.25) is 0 Å². The topological polar surface area (TPSA) is 75.6 Å². The minimum absolute atomic E-state index is 0.0451. The first-order valence-electron chi connectivity index (χ1n) is 15.9. The molecule has 0 bridgehead atoms. The molecule has 4 aliphatic carbocycles. The lowest BCUT2D eigenvalue weighted by Gasteiger charge is -2.57. The molecule has 3 fully saturated rings. The van der Waals surface area contributed by atoms with Gasteiger partial charge in [-0.15, -0.1) is 0 Å². The summed E-state index contributed by atoms with van der Waals surface area (Å²) in [6.45, 7) is 14.5. The molecule has 4 rings (SSSR count). The predicted octanol–water partition coefficient (Wildman–Crippen LogP) is 6.50. The van der Waals surface area contributed by atoms with Crippen molar-refractivity contribution in [3.63, 3.8) is 0 Å². The molecule has 7 nitrogen and oxygen atoms in total. The summed E-state index contributed by atoms with van der Waals surface area (Å²) in [6.07, 6.45) is 11.9. The van der Waals surface area contributed by atoms with E-state index in [1.54, 1.807) is 26.9 Å². The van der Waals surface area contributed by atoms with Crippen molar-refractivity contribution in [1.29, 1.82) is 0 Å². The fourth-order valence-electron chi connectivity index (χ4n) is 9.15. The van der Waals surface area contributed by atoms with E-state index < -0.39 is 11.7 Å². The lowest BCUT2D eigenvalue weighted by molar-refractivity contribution is -0.165. The van der Waals surface area contributed by atoms with Crippen LogP contribution in [-0.4, -0.2) is 70.7 Å². The molecular weight excluding hydrogens is 520 g/mol. The molecule has 0 aliphatic heterocycles. The molecule has 0 amide bonds. The SMILES string of the molecule is COCO[C@@H]1CC2=CC=C3[C@@H]4CC[C@H]([C@H](C)C(C)CC(O)C(C)(C)OCOC)[C@@]4(C)CC[C@@H]3[C@@]2(C)[C@@H](OCOC)C1. The molecule has 0 saturated heterocycles. The summed E-state index contributed by atoms with van der Waals surface area (Å²) in [5.41, 5.74) is 2.68. The summed E-state index contributed by atoms with van der Waals surface area (Å²) in [6, 6.07) is 0. The zero-order chi connectivity index (χ0) is 30.0. The van der Waals surface area contributed by atoms with Crippen molar-refractivity contribution < 1.29 is 33.5 Å². The van der Waals surface area contributed by atoms with E-state index in [-0.39, 0.29) is 29.8 Å². The van der Waals surface area contributed by atoms with Crippen LogP contribution in [0.25, 0.3) is 0 Å². The van der Waals surface area contributed by atoms with Gasteiger partial charge in [0.15, 0.2) is 0 Å². The third-order valence-corrected chi connectivity index (χ3v) is 12.0. The van der Waals surface area contributed by atoms with Crippen molar-refractivity contribution in [3.05, 3.63) is 23.3 Å². The van der Waals surface area contributed by atoms with Crippen molar-refractivity contribution in [2.75, 3.05) is 41.7 Å². The number of aliphatic hydroxyl groups is 1. The first-order valence-corrected chi connectivity index (χ1v) is 15.9. The highest BCUT2D eigenvalue weighted by atomic mass is 16.7. The lowest BCUT2D eigenvalue weighted by Crippen LogP contribution is -2.54. The summed E-state index contributed by atoms with van der Waals surface area (Å²) < 4.78 is 34.0. The summed E-state index contributed by atoms with van der Waals surface area (Å²) in [7, 11) is 5.00. The number of fused-ring (bicyclic) bond motifs is 5. The van der Waals surface area contributed by atoms with Crippen LogP contribution in [-0.2, 0) is 28.4 Å². The zero-order valence-electron chi connectivity index (χ0n) is 27.2. The Morgan fingerprint density at radius 1 is 0.927 bits per heavy atom. The number of rotatable bonds is 14. The molecule has 0 aromatic heterocycles. The van der Waals surface area contributed by atoms with Gasteiger partial charge in [0.25, 0.3) is 0 Å². The van der Waals surface area contributed by atoms with Crippen LogP contribution >= 0.6 is 0 Å². The van der Waals surface area contributed by atoms with Crippen LogP contribution < -0.4 is 0 Å². The third kappa shape index (κ3) is 6.38. The maximum absolute atomic E-state index is 11.1. The largest absolute Gasteiger partial charge is 0.390 e. The molecule has 41 heavy (non-hydrogen) atoms. The van der Waals surface area contributed by atoms with Crippen LogP contribution in [0.3, 0.4) is 0 Å². The van der Waals surface area contributed by atoms with Gasteiger partial charge in [0.1, 0.15) is 20.4 Å². The Kier molecular flexibility index (Phi) is 10.9. The molecule has 2 unspecified atom stereocenters. The molecule has 0 aromatic rings. The molecule has 0 aromatic carbocycles. The van der Waals surface area contributed by atoms with Crippen molar-refractivity contribution >= 4 is 0 Å². The highest BCUT2D eigenvalue weighted by Gasteiger charge is 2.59. The standard InChI is InChI=1S/C34H58O7/c1-22(16-30(35)32(3,4)41-21-38-9)23(2)27-12-13-28-26-11-10-24-17-25(39-19-36-7)18-31(40-20-37-8)34(24,6)29(26)14-15-33(27,28)5/h10-11,22-23,25,27-31,35H,12-21H2,1-9H3/t22?,23-,25-,27-,28+,29+,30?,31+,33-,34+/m1/s1. The molecule has 10 atom stereocenters. The van der Waals surface area contributed by atoms with Crippen LogP contribution in [0.2, 0.25) is 0 Å². The van der Waals surface area contributed by atoms with Crippen molar-refractivity contribution in [1.82, 2.24) is 0 Å². The molecule has 0 radical (unpaired) electrons. The van der Waals surface area contributed by atoms with E-state index in [0.29, 0.717) is 43.2 Å². The predicted molar refractivity (Wildman–Crippen MR) is 160 cm³/mol. The minimum Gasteiger partial charge on any atom is -0.390 e. The highest BCUT2D eigenvalue weighted by molar-refractivity contribution is 5.40. The van der Waals surface area contributed by atoms with E-state index in [9.17, 15) is 5.11 Å². The van der Waals surface area contributed by atoms with E-state index in [0.717, 1.165) is 19.3 Å². The Morgan fingerprint density at radius 2 is 1.61 bits per heavy atom. The lowest BCUT2D eigenvalue weighted by atomic mass is 9.49. The zero-order valence-corrected chi connectivity index (χ0v) is 27.2. The monoisotopic (exact) mass is 578 g/mol. The fourth-order valence-corrected chi connectivity index (χ4v) is 9.15. The van der Waals surface area contributed by atoms with E-state index in [1.165, 1.54) is 31.3 Å². The molecule has 236 valence electrons. The van der Waals surface area contributed by atoms with E-state index in [2.05, 4.69) is 39.8 Å². The van der Waals surface area contributed by atoms with Crippen molar-refractivity contribution in [2.45, 2.75) is 110 Å². The van der Waals surface area contributed by atoms with E-state index in [1.807, 2.05) is 13.8 Å². The third-order valence-electron chi connectivity index (χ3n) is 12.0. The fraction of sp³-hybridized carbons (Fsp3) is 0.882. The van der Waals surface area contributed by atoms with Gasteiger partial charge in [-0.2, -0.15) is 0 Å². The van der Waals surface area contributed by atoms with Crippen molar-refractivity contribution in [2.24, 2.45) is 40.4 Å². The van der Waals surface area contributed by atoms with Gasteiger partial charge >= 0.3 is 0 Å². The van der Waals surface area contributed by atoms with Gasteiger partial charge in [0, 0.05) is 33.2 Å². The second-order valence-corrected chi connectivity index (χ2v) is 14.4. The van der Waals surface area contributed by atoms with Gasteiger partial charge in [-0.05, 0) is 87.4 Å². The minimum atomic E-state index is -0.633. The van der Waals surface area contributed by atoms with Crippen LogP contribution in [0.4, 0.5) is 0 Å². The molecule has 0 spiro atoms. The molecule has 1 N–H and O–H groups in total. The van der Waals surface area contributed by atoms with Gasteiger partial charge in [-0.1, -0.05) is 51.0 Å². The number of allylic oxidation sites excluding steroid dienone is 3. The number of hydrogen-bond acceptors (Lipinski definition) is 7. The van der Waals surface area contributed by atoms with Crippen LogP contribution in [0.1, 0.15) is 86.5 Å². The van der Waals surface area contributed by atoms with Gasteiger partial charge in [0.2, 0.25) is 0 Å². The maximum atomic E-state index is 11.1. The molecule has 4 aliphatic rings. The summed E-state index contributed by atoms with van der Waals surface area (Å²) in [5, 5.41) is 11.1. The normalized spacial score (nSPS) is 37.4. The van der Waals surface area contributed by atoms with E-state index in [4.69, 9.17) is 28.4 Å². The number of aliphatic hydroxyl groups excluding tert-OH is 1. The second kappa shape index (κ2) is 13.5. The number of ether oxygens (including phenoxy) is 6. The Morgan fingerprint density at radius 3 is 2.29 bits per heavy atom. The Bertz CT molecular complexity index is 930. The van der Waals surface area contributed by atoms with E-state index >= 15 is 0 Å². The highest BCUT2D eigenvalue weighted by Crippen LogP contribution is 2.66. The summed E-state index contributed by atoms with van der Waals surface area (Å²) in [4.78, 5) is 0. The van der Waals surface area contributed by atoms with Gasteiger partial charge in [-0.25, -0.2) is 0 Å². The Hall–Kier alpha value is -0.800. The molecule has 3 saturated carbocycles. The quantitative estimate of drug-likeness (QED) is 0.236. The molecular formula is C34H58O7. The van der Waals surface area contributed by atoms with Crippen LogP contribution in [0.5, 0.6) is 0 Å². The summed E-state index contributed by atoms with van der Waals surface area (Å²) >= 11 is 0. The van der Waals surface area contributed by atoms with Crippen molar-refractivity contribution in [3.8, 4) is 0 Å². The Balaban J connectivity index is 1.52. The van der Waals surface area contributed by atoms with Crippen LogP contribution in [0, 0.1) is 40.4 Å². The number of hydrogen-bond donors (Lipinski definition) is 1. The molecule has 0 heterocycles. The second-order valence-electron chi connectivity index (χ2n) is 14.4. The summed E-state index contributed by atoms with van der Waals surface area (Å²) in [5.74, 6) is 2.63. The first kappa shape index (κ1) is 33.1.